The van der Waals surface area contributed by atoms with Gasteiger partial charge in [-0.2, -0.15) is 0 Å². The Morgan fingerprint density at radius 3 is 2.27 bits per heavy atom. The van der Waals surface area contributed by atoms with E-state index in [9.17, 15) is 0 Å². The molecule has 0 spiro atoms. The molecule has 1 unspecified atom stereocenters. The Morgan fingerprint density at radius 1 is 1.55 bits per heavy atom. The van der Waals surface area contributed by atoms with E-state index in [1.54, 1.807) is 14.2 Å². The quantitative estimate of drug-likeness (QED) is 0.385. The van der Waals surface area contributed by atoms with Crippen LogP contribution in [0.4, 0.5) is 0 Å². The molecule has 3 N–H and O–H groups in total. The predicted molar refractivity (Wildman–Crippen MR) is 48.3 cm³/mol. The van der Waals surface area contributed by atoms with Gasteiger partial charge in [0, 0.05) is 36.2 Å². The molecular formula is C6H18N2O2Si. The first-order valence-electron chi connectivity index (χ1n) is 3.59. The minimum atomic E-state index is -0.346. The zero-order valence-electron chi connectivity index (χ0n) is 7.68. The summed E-state index contributed by atoms with van der Waals surface area (Å²) in [4.78, 5) is 0. The molecule has 0 aliphatic carbocycles. The highest BCUT2D eigenvalue weighted by molar-refractivity contribution is 6.15. The van der Waals surface area contributed by atoms with Gasteiger partial charge in [-0.05, 0) is 6.92 Å². The van der Waals surface area contributed by atoms with Crippen molar-refractivity contribution in [1.29, 1.82) is 0 Å². The second-order valence-corrected chi connectivity index (χ2v) is 5.24. The molecule has 0 saturated heterocycles. The van der Waals surface area contributed by atoms with Crippen LogP contribution < -0.4 is 11.1 Å². The summed E-state index contributed by atoms with van der Waals surface area (Å²) in [6.07, 6.45) is -0.346. The normalized spacial score (nSPS) is 17.2. The van der Waals surface area contributed by atoms with Crippen molar-refractivity contribution in [3.05, 3.63) is 0 Å². The lowest BCUT2D eigenvalue weighted by Gasteiger charge is -2.28. The van der Waals surface area contributed by atoms with Crippen molar-refractivity contribution in [1.82, 2.24) is 5.32 Å². The summed E-state index contributed by atoms with van der Waals surface area (Å²) in [6, 6.07) is 0. The third-order valence-corrected chi connectivity index (χ3v) is 2.14. The lowest BCUT2D eigenvalue weighted by Crippen LogP contribution is -2.54. The Balaban J connectivity index is 3.79. The second-order valence-electron chi connectivity index (χ2n) is 3.04. The molecule has 0 aliphatic rings. The highest BCUT2D eigenvalue weighted by atomic mass is 28.1. The average Bonchev–Trinajstić information content (AvgIpc) is 2.00. The summed E-state index contributed by atoms with van der Waals surface area (Å²) in [5, 5.41) is 3.12. The molecule has 0 saturated carbocycles. The number of hydrogen-bond donors (Lipinski definition) is 2. The number of nitrogens with one attached hydrogen (secondary N) is 1. The van der Waals surface area contributed by atoms with Crippen molar-refractivity contribution < 1.29 is 9.47 Å². The van der Waals surface area contributed by atoms with Gasteiger partial charge in [-0.15, -0.1) is 0 Å². The fraction of sp³-hybridized carbons (Fsp3) is 1.00. The topological polar surface area (TPSA) is 56.5 Å². The monoisotopic (exact) mass is 178 g/mol. The molecule has 0 heterocycles. The molecule has 0 aliphatic heterocycles. The van der Waals surface area contributed by atoms with E-state index < -0.39 is 0 Å². The predicted octanol–water partition coefficient (Wildman–Crippen LogP) is -1.81. The van der Waals surface area contributed by atoms with Crippen LogP contribution >= 0.6 is 0 Å². The van der Waals surface area contributed by atoms with E-state index in [1.807, 2.05) is 6.92 Å². The Kier molecular flexibility index (Phi) is 4.86. The minimum absolute atomic E-state index is 0.0172. The number of methoxy groups -OCH3 is 2. The van der Waals surface area contributed by atoms with Gasteiger partial charge < -0.3 is 15.2 Å². The maximum Gasteiger partial charge on any atom is 0.215 e. The van der Waals surface area contributed by atoms with Gasteiger partial charge in [0.15, 0.2) is 0 Å². The van der Waals surface area contributed by atoms with Crippen molar-refractivity contribution in [2.45, 2.75) is 18.5 Å². The third-order valence-electron chi connectivity index (χ3n) is 1.45. The first kappa shape index (κ1) is 11.1. The zero-order chi connectivity index (χ0) is 8.91. The summed E-state index contributed by atoms with van der Waals surface area (Å²) < 4.78 is 9.94. The van der Waals surface area contributed by atoms with Gasteiger partial charge in [-0.1, -0.05) is 0 Å². The Hall–Kier alpha value is 0.0569. The SMILES string of the molecule is COC(NC(C)([SiH3])CN)OC. The number of hydrogen-bond acceptors (Lipinski definition) is 4. The van der Waals surface area contributed by atoms with Crippen LogP contribution in [0.2, 0.25) is 0 Å². The largest absolute Gasteiger partial charge is 0.343 e. The fourth-order valence-electron chi connectivity index (χ4n) is 0.592. The minimum Gasteiger partial charge on any atom is -0.343 e. The van der Waals surface area contributed by atoms with E-state index in [4.69, 9.17) is 15.2 Å². The molecule has 0 aromatic rings. The molecule has 1 atom stereocenters. The van der Waals surface area contributed by atoms with Gasteiger partial charge in [0.2, 0.25) is 6.41 Å². The van der Waals surface area contributed by atoms with Gasteiger partial charge in [-0.25, -0.2) is 0 Å². The van der Waals surface area contributed by atoms with Crippen molar-refractivity contribution in [2.24, 2.45) is 5.73 Å². The molecule has 4 nitrogen and oxygen atoms in total. The van der Waals surface area contributed by atoms with Crippen LogP contribution in [0.5, 0.6) is 0 Å². The summed E-state index contributed by atoms with van der Waals surface area (Å²) >= 11 is 0. The first-order valence-corrected chi connectivity index (χ1v) is 4.59. The molecule has 0 radical (unpaired) electrons. The van der Waals surface area contributed by atoms with Crippen LogP contribution in [0.25, 0.3) is 0 Å². The van der Waals surface area contributed by atoms with Crippen LogP contribution in [0.1, 0.15) is 6.92 Å². The summed E-state index contributed by atoms with van der Waals surface area (Å²) in [5.74, 6) is 0. The van der Waals surface area contributed by atoms with Crippen LogP contribution in [-0.2, 0) is 9.47 Å². The van der Waals surface area contributed by atoms with Gasteiger partial charge in [0.05, 0.1) is 0 Å². The fourth-order valence-corrected chi connectivity index (χ4v) is 0.828. The van der Waals surface area contributed by atoms with Crippen molar-refractivity contribution >= 4 is 10.2 Å². The summed E-state index contributed by atoms with van der Waals surface area (Å²) in [7, 11) is 4.14. The van der Waals surface area contributed by atoms with Crippen molar-refractivity contribution in [3.63, 3.8) is 0 Å². The van der Waals surface area contributed by atoms with Crippen molar-refractivity contribution in [2.75, 3.05) is 20.8 Å². The summed E-state index contributed by atoms with van der Waals surface area (Å²) in [5.41, 5.74) is 5.53. The van der Waals surface area contributed by atoms with E-state index >= 15 is 0 Å². The molecule has 11 heavy (non-hydrogen) atoms. The molecule has 0 aromatic carbocycles. The van der Waals surface area contributed by atoms with Crippen LogP contribution in [0.15, 0.2) is 0 Å². The number of ether oxygens (including phenoxy) is 2. The van der Waals surface area contributed by atoms with Crippen LogP contribution in [0, 0.1) is 0 Å². The van der Waals surface area contributed by atoms with Gasteiger partial charge in [-0.3, -0.25) is 5.32 Å². The lowest BCUT2D eigenvalue weighted by molar-refractivity contribution is -0.130. The molecular weight excluding hydrogens is 160 g/mol. The van der Waals surface area contributed by atoms with Gasteiger partial charge >= 0.3 is 0 Å². The maximum absolute atomic E-state index is 5.53. The van der Waals surface area contributed by atoms with E-state index in [-0.39, 0.29) is 11.6 Å². The highest BCUT2D eigenvalue weighted by Crippen LogP contribution is 1.97. The molecule has 5 heteroatoms. The Labute approximate surface area is 70.9 Å². The number of rotatable bonds is 5. The molecule has 0 amide bonds. The average molecular weight is 178 g/mol. The van der Waals surface area contributed by atoms with E-state index in [1.165, 1.54) is 0 Å². The molecule has 0 rings (SSSR count). The van der Waals surface area contributed by atoms with Gasteiger partial charge in [0.1, 0.15) is 0 Å². The van der Waals surface area contributed by atoms with E-state index in [0.717, 1.165) is 10.2 Å². The van der Waals surface area contributed by atoms with Gasteiger partial charge in [0.25, 0.3) is 0 Å². The smallest absolute Gasteiger partial charge is 0.215 e. The zero-order valence-corrected chi connectivity index (χ0v) is 9.68. The van der Waals surface area contributed by atoms with Crippen molar-refractivity contribution in [3.8, 4) is 0 Å². The van der Waals surface area contributed by atoms with Crippen LogP contribution in [-0.4, -0.2) is 42.6 Å². The molecule has 0 bridgehead atoms. The Morgan fingerprint density at radius 2 is 2.00 bits per heavy atom. The molecule has 0 aromatic heterocycles. The Bertz CT molecular complexity index is 107. The maximum atomic E-state index is 5.53. The molecule has 0 fully saturated rings. The lowest BCUT2D eigenvalue weighted by atomic mass is 10.3. The highest BCUT2D eigenvalue weighted by Gasteiger charge is 2.19. The second kappa shape index (κ2) is 4.84. The number of nitrogens with two attached hydrogens (primary N) is 1. The summed E-state index contributed by atoms with van der Waals surface area (Å²) in [6.45, 7) is 2.65. The third kappa shape index (κ3) is 4.49. The van der Waals surface area contributed by atoms with E-state index in [0.29, 0.717) is 6.54 Å². The van der Waals surface area contributed by atoms with E-state index in [2.05, 4.69) is 5.32 Å². The standard InChI is InChI=1S/C6H18N2O2Si/c1-6(11,4-7)8-5(9-2)10-3/h5,8H,4,7H2,1-3,11H3. The molecule has 68 valence electrons. The van der Waals surface area contributed by atoms with Crippen LogP contribution in [0.3, 0.4) is 0 Å². The first-order chi connectivity index (χ1) is 5.05.